The molecule has 0 bridgehead atoms. The molecule has 5 atom stereocenters. The van der Waals surface area contributed by atoms with Crippen LogP contribution in [0.4, 0.5) is 0 Å². The first-order valence-corrected chi connectivity index (χ1v) is 38.1. The van der Waals surface area contributed by atoms with Crippen molar-refractivity contribution in [1.29, 1.82) is 15.8 Å². The number of hydrogen-bond acceptors (Lipinski definition) is 35. The van der Waals surface area contributed by atoms with E-state index in [1.807, 2.05) is 6.07 Å². The minimum Gasteiger partial charge on any atom is -1.00 e. The molecule has 0 heterocycles. The van der Waals surface area contributed by atoms with E-state index in [2.05, 4.69) is 75.3 Å². The summed E-state index contributed by atoms with van der Waals surface area (Å²) >= 11 is 6.21. The Morgan fingerprint density at radius 3 is 1.05 bits per heavy atom. The smallest absolute Gasteiger partial charge is 1.00 e. The molecule has 37 nitrogen and oxygen atoms in total. The van der Waals surface area contributed by atoms with Gasteiger partial charge < -0.3 is 113 Å². The van der Waals surface area contributed by atoms with E-state index in [0.717, 1.165) is 56.7 Å². The number of rotatable bonds is 51. The van der Waals surface area contributed by atoms with Crippen LogP contribution in [0.25, 0.3) is 0 Å². The number of nitriles is 3. The van der Waals surface area contributed by atoms with Gasteiger partial charge in [0, 0.05) is 24.6 Å². The average Bonchev–Trinajstić information content (AvgIpc) is 0.880. The van der Waals surface area contributed by atoms with E-state index in [1.54, 1.807) is 86.0 Å². The number of carboxylic acid groups (broad SMARTS) is 2. The molecule has 0 saturated carbocycles. The summed E-state index contributed by atoms with van der Waals surface area (Å²) in [6.07, 6.45) is 9.42. The normalized spacial score (nSPS) is 10.7. The van der Waals surface area contributed by atoms with Crippen LogP contribution >= 0.6 is 31.9 Å². The number of hydrogen-bond donors (Lipinski definition) is 5. The molecule has 0 spiro atoms. The summed E-state index contributed by atoms with van der Waals surface area (Å²) in [5.74, 6) is -7.66. The molecule has 0 aromatic heterocycles. The summed E-state index contributed by atoms with van der Waals surface area (Å²) in [5.41, 5.74) is 10.2. The Morgan fingerprint density at radius 2 is 0.743 bits per heavy atom. The molecular weight excluding hydrogens is 1820 g/mol. The second-order valence-electron chi connectivity index (χ2n) is 21.0. The Morgan fingerprint density at radius 1 is 0.425 bits per heavy atom. The van der Waals surface area contributed by atoms with Crippen LogP contribution in [-0.4, -0.2) is 250 Å². The van der Waals surface area contributed by atoms with Gasteiger partial charge in [-0.1, -0.05) is 58.0 Å². The molecular formula is C70H121Br2IK3N8O29+. The third kappa shape index (κ3) is 99.9. The second-order valence-corrected chi connectivity index (χ2v) is 22.4. The van der Waals surface area contributed by atoms with Crippen molar-refractivity contribution in [2.24, 2.45) is 11.5 Å². The van der Waals surface area contributed by atoms with Crippen LogP contribution in [0.3, 0.4) is 0 Å². The molecule has 0 fully saturated rings. The standard InChI is InChI=1S/C18H33NO6.C17H28N2O6.C13H22N2O4.C8H15NO4.C5H8BrN.C4H7BrO2.C4H7NO4.CH2O3.HI.3K/c1-5-9-10-11-12-19(14-17(21)24-7-3)15(18(22)25-8-4)13-16(20)23-6-2;1-4-23-15(20)12-14(17(22)25-6-3)19(11-9-7-8-10-18)13-16(21)24-5-2;1-3-18-12(16)10-11(13(17)19-4-2)15-9-7-5-6-8-14;1-3-12-7(10)5-6(9)8(11)13-4-2;6-4-2-1-3-5-7;1-2-7-4(6)3-5;5-2(4(8)9)1-3(6)7;2-1-4-3;;;;/h15H,5-14H2,1-4H3;14H,4-9,11-13H2,1-3H3;11,15H,3-7,9-10H2,1-2H3;6H,3-5,9H2,1-2H3;1-4H2;2-3H2,1H3;2H,1,5H2,(H,6,7)(H,8,9);1,3H;1H;;;/q;;;;;;;;;3*+1/p-2. The number of nitrogens with one attached hydrogen (secondary N) is 1. The molecule has 638 valence electrons. The Kier molecular flexibility index (Phi) is 127. The van der Waals surface area contributed by atoms with Crippen LogP contribution in [0.15, 0.2) is 0 Å². The Labute approximate surface area is 827 Å². The fourth-order valence-electron chi connectivity index (χ4n) is 7.63. The van der Waals surface area contributed by atoms with Gasteiger partial charge in [-0.25, -0.2) is 0 Å². The number of nitrogens with two attached hydrogens (primary N) is 2. The van der Waals surface area contributed by atoms with Gasteiger partial charge in [0.15, 0.2) is 0 Å². The first-order valence-electron chi connectivity index (χ1n) is 35.8. The third-order valence-electron chi connectivity index (χ3n) is 12.4. The number of nitrogens with zero attached hydrogens (tertiary/aromatic N) is 5. The maximum atomic E-state index is 12.3. The van der Waals surface area contributed by atoms with Crippen molar-refractivity contribution in [3.05, 3.63) is 0 Å². The van der Waals surface area contributed by atoms with Gasteiger partial charge in [0.25, 0.3) is 6.47 Å². The molecule has 0 rings (SSSR count). The number of aliphatic carboxylic acids is 2. The zero-order valence-electron chi connectivity index (χ0n) is 68.9. The topological polar surface area (TPSA) is 555 Å². The van der Waals surface area contributed by atoms with Crippen LogP contribution in [0, 0.1) is 34.0 Å². The summed E-state index contributed by atoms with van der Waals surface area (Å²) in [7, 11) is 0. The summed E-state index contributed by atoms with van der Waals surface area (Å²) in [4.78, 5) is 161. The van der Waals surface area contributed by atoms with Crippen molar-refractivity contribution in [2.45, 2.75) is 229 Å². The molecule has 0 saturated heterocycles. The van der Waals surface area contributed by atoms with Crippen LogP contribution in [0.2, 0.25) is 0 Å². The molecule has 43 heteroatoms. The fraction of sp³-hybridized carbons (Fsp3) is 0.757. The summed E-state index contributed by atoms with van der Waals surface area (Å²) in [6, 6.07) is 1.53. The SMILES string of the molecule is CCCCCCN(CC(=O)OCC)C(CC(=O)OCC)C(=O)OCC.CCOC(=O)CBr.CCOC(=O)CC(C(=O)OCC)N(CCCCC#N)CC(=O)OCC.CCOC(=O)CC(N)C(=O)OCC.CCOC(=O)CC(NCCCCC#N)C(=O)OCC.N#CCCCCBr.NC(CC(=O)O)C(=O)O.O=CO[O-].[I-].[K+].[K+].[K+]. The number of ether oxygens (including phenoxy) is 11. The quantitative estimate of drug-likeness (QED) is 0.00435. The molecule has 5 unspecified atom stereocenters. The van der Waals surface area contributed by atoms with Gasteiger partial charge >= 0.3 is 232 Å². The minimum absolute atomic E-state index is 0. The number of carbonyl (C=O) groups excluding carboxylic acids is 12. The molecule has 0 aromatic carbocycles. The van der Waals surface area contributed by atoms with E-state index in [4.69, 9.17) is 85.4 Å². The first kappa shape index (κ1) is 136. The molecule has 7 N–H and O–H groups in total. The van der Waals surface area contributed by atoms with E-state index in [0.29, 0.717) is 63.7 Å². The Hall–Kier alpha value is -2.59. The molecule has 0 aromatic rings. The zero-order chi connectivity index (χ0) is 85.0. The van der Waals surface area contributed by atoms with E-state index >= 15 is 0 Å². The number of carboxylic acids is 2. The molecule has 0 aliphatic carbocycles. The van der Waals surface area contributed by atoms with Crippen molar-refractivity contribution < 1.29 is 318 Å². The van der Waals surface area contributed by atoms with Crippen molar-refractivity contribution in [2.75, 3.05) is 116 Å². The summed E-state index contributed by atoms with van der Waals surface area (Å²) in [6.45, 7) is 24.8. The molecule has 113 heavy (non-hydrogen) atoms. The molecule has 0 amide bonds. The number of carbonyl (C=O) groups is 14. The van der Waals surface area contributed by atoms with Crippen molar-refractivity contribution in [3.8, 4) is 18.2 Å². The van der Waals surface area contributed by atoms with Gasteiger partial charge in [0.2, 0.25) is 0 Å². The van der Waals surface area contributed by atoms with Gasteiger partial charge in [0.1, 0.15) is 35.5 Å². The molecule has 0 aliphatic rings. The van der Waals surface area contributed by atoms with Gasteiger partial charge in [0.05, 0.1) is 136 Å². The van der Waals surface area contributed by atoms with E-state index in [-0.39, 0.29) is 295 Å². The van der Waals surface area contributed by atoms with Crippen molar-refractivity contribution in [3.63, 3.8) is 0 Å². The van der Waals surface area contributed by atoms with E-state index < -0.39 is 108 Å². The number of halogens is 3. The zero-order valence-corrected chi connectivity index (χ0v) is 83.6. The summed E-state index contributed by atoms with van der Waals surface area (Å²) in [5, 5.41) is 53.8. The van der Waals surface area contributed by atoms with Crippen LogP contribution in [-0.2, 0) is 124 Å². The molecule has 0 aliphatic heterocycles. The maximum Gasteiger partial charge on any atom is 1.00 e. The largest absolute Gasteiger partial charge is 1.00 e. The Bertz CT molecular complexity index is 2590. The maximum absolute atomic E-state index is 12.3. The number of esters is 11. The number of alkyl halides is 2. The predicted molar refractivity (Wildman–Crippen MR) is 397 cm³/mol. The van der Waals surface area contributed by atoms with Gasteiger partial charge in [-0.05, 0) is 141 Å². The third-order valence-corrected chi connectivity index (χ3v) is 13.4. The van der Waals surface area contributed by atoms with Crippen LogP contribution in [0.1, 0.15) is 199 Å². The predicted octanol–water partition coefficient (Wildman–Crippen LogP) is -6.92. The van der Waals surface area contributed by atoms with Crippen molar-refractivity contribution in [1.82, 2.24) is 15.1 Å². The van der Waals surface area contributed by atoms with Gasteiger partial charge in [-0.2, -0.15) is 15.8 Å². The molecule has 0 radical (unpaired) electrons. The Balaban J connectivity index is -0.000000109. The summed E-state index contributed by atoms with van der Waals surface area (Å²) < 4.78 is 53.4. The minimum atomic E-state index is -1.29. The van der Waals surface area contributed by atoms with Crippen LogP contribution < -0.4 is 200 Å². The second kappa shape index (κ2) is 105. The average molecular weight is 1940 g/mol. The van der Waals surface area contributed by atoms with Crippen LogP contribution in [0.5, 0.6) is 0 Å². The van der Waals surface area contributed by atoms with Crippen molar-refractivity contribution >= 4 is 116 Å². The van der Waals surface area contributed by atoms with E-state index in [1.165, 1.54) is 0 Å². The van der Waals surface area contributed by atoms with E-state index in [9.17, 15) is 62.3 Å². The van der Waals surface area contributed by atoms with Gasteiger partial charge in [-0.3, -0.25) is 76.9 Å². The monoisotopic (exact) mass is 1940 g/mol. The number of unbranched alkanes of at least 4 members (excludes halogenated alkanes) is 9. The fourth-order valence-corrected chi connectivity index (χ4v) is 8.19. The van der Waals surface area contributed by atoms with Gasteiger partial charge in [-0.15, -0.1) is 0 Å². The first-order chi connectivity index (χ1) is 51.9.